The van der Waals surface area contributed by atoms with Gasteiger partial charge < -0.3 is 15.0 Å². The van der Waals surface area contributed by atoms with E-state index in [2.05, 4.69) is 48.3 Å². The van der Waals surface area contributed by atoms with Crippen LogP contribution in [0.25, 0.3) is 0 Å². The molecule has 118 valence electrons. The second-order valence-electron chi connectivity index (χ2n) is 5.99. The first-order chi connectivity index (χ1) is 10.3. The average molecular weight is 290 g/mol. The molecule has 1 saturated heterocycles. The Kier molecular flexibility index (Phi) is 6.52. The zero-order valence-electron chi connectivity index (χ0n) is 13.8. The second kappa shape index (κ2) is 8.40. The van der Waals surface area contributed by atoms with Gasteiger partial charge in [-0.2, -0.15) is 0 Å². The van der Waals surface area contributed by atoms with Gasteiger partial charge in [0, 0.05) is 31.9 Å². The minimum Gasteiger partial charge on any atom is -0.384 e. The number of benzene rings is 1. The molecule has 0 aromatic heterocycles. The van der Waals surface area contributed by atoms with Crippen molar-refractivity contribution in [2.24, 2.45) is 5.92 Å². The zero-order valence-corrected chi connectivity index (χ0v) is 13.8. The summed E-state index contributed by atoms with van der Waals surface area (Å²) in [7, 11) is 1.81. The van der Waals surface area contributed by atoms with Gasteiger partial charge in [0.15, 0.2) is 0 Å². The molecule has 2 rings (SSSR count). The van der Waals surface area contributed by atoms with Crippen LogP contribution in [-0.2, 0) is 4.74 Å². The predicted molar refractivity (Wildman–Crippen MR) is 90.0 cm³/mol. The van der Waals surface area contributed by atoms with Crippen LogP contribution >= 0.6 is 0 Å². The molecule has 0 amide bonds. The van der Waals surface area contributed by atoms with Crippen molar-refractivity contribution in [3.8, 4) is 0 Å². The molecule has 1 aliphatic rings. The Hall–Kier alpha value is -1.06. The molecule has 1 aromatic carbocycles. The molecule has 0 spiro atoms. The monoisotopic (exact) mass is 290 g/mol. The summed E-state index contributed by atoms with van der Waals surface area (Å²) in [5.41, 5.74) is 2.85. The molecule has 1 aliphatic heterocycles. The summed E-state index contributed by atoms with van der Waals surface area (Å²) in [6.45, 7) is 8.62. The number of ether oxygens (including phenoxy) is 1. The van der Waals surface area contributed by atoms with Gasteiger partial charge >= 0.3 is 0 Å². The lowest BCUT2D eigenvalue weighted by molar-refractivity contribution is 0.143. The van der Waals surface area contributed by atoms with Gasteiger partial charge in [0.05, 0.1) is 6.61 Å². The summed E-state index contributed by atoms with van der Waals surface area (Å²) in [6, 6.07) is 9.35. The Labute approximate surface area is 129 Å². The van der Waals surface area contributed by atoms with Crippen molar-refractivity contribution in [2.75, 3.05) is 38.3 Å². The summed E-state index contributed by atoms with van der Waals surface area (Å²) in [6.07, 6.45) is 3.68. The molecule has 2 atom stereocenters. The van der Waals surface area contributed by atoms with Crippen molar-refractivity contribution in [1.29, 1.82) is 0 Å². The number of para-hydroxylation sites is 1. The first kappa shape index (κ1) is 16.3. The number of piperidine rings is 1. The molecule has 0 saturated carbocycles. The van der Waals surface area contributed by atoms with Gasteiger partial charge in [0.25, 0.3) is 0 Å². The smallest absolute Gasteiger partial charge is 0.0507 e. The van der Waals surface area contributed by atoms with E-state index in [0.717, 1.165) is 26.1 Å². The van der Waals surface area contributed by atoms with Gasteiger partial charge in [-0.3, -0.25) is 0 Å². The number of anilines is 1. The van der Waals surface area contributed by atoms with E-state index >= 15 is 0 Å². The van der Waals surface area contributed by atoms with E-state index in [0.29, 0.717) is 12.0 Å². The lowest BCUT2D eigenvalue weighted by Crippen LogP contribution is -2.38. The van der Waals surface area contributed by atoms with Gasteiger partial charge in [-0.05, 0) is 43.4 Å². The summed E-state index contributed by atoms with van der Waals surface area (Å²) in [5.74, 6) is 0.663. The van der Waals surface area contributed by atoms with Crippen molar-refractivity contribution in [3.63, 3.8) is 0 Å². The van der Waals surface area contributed by atoms with Crippen molar-refractivity contribution in [2.45, 2.75) is 39.2 Å². The van der Waals surface area contributed by atoms with Gasteiger partial charge in [-0.25, -0.2) is 0 Å². The van der Waals surface area contributed by atoms with Crippen LogP contribution in [0.4, 0.5) is 5.69 Å². The predicted octanol–water partition coefficient (Wildman–Crippen LogP) is 3.61. The van der Waals surface area contributed by atoms with Crippen LogP contribution in [0.1, 0.15) is 44.7 Å². The highest BCUT2D eigenvalue weighted by molar-refractivity contribution is 5.55. The Morgan fingerprint density at radius 2 is 2.14 bits per heavy atom. The van der Waals surface area contributed by atoms with E-state index in [1.54, 1.807) is 0 Å². The highest BCUT2D eigenvalue weighted by Crippen LogP contribution is 2.31. The number of nitrogens with zero attached hydrogens (tertiary/aromatic N) is 1. The van der Waals surface area contributed by atoms with Gasteiger partial charge in [0.2, 0.25) is 0 Å². The Morgan fingerprint density at radius 1 is 1.33 bits per heavy atom. The number of nitrogens with one attached hydrogen (secondary N) is 1. The minimum absolute atomic E-state index is 0.453. The quantitative estimate of drug-likeness (QED) is 0.830. The van der Waals surface area contributed by atoms with Crippen molar-refractivity contribution in [1.82, 2.24) is 5.32 Å². The Morgan fingerprint density at radius 3 is 2.86 bits per heavy atom. The van der Waals surface area contributed by atoms with Crippen LogP contribution in [0.3, 0.4) is 0 Å². The zero-order chi connectivity index (χ0) is 15.1. The lowest BCUT2D eigenvalue weighted by Gasteiger charge is -2.36. The van der Waals surface area contributed by atoms with Gasteiger partial charge in [0.1, 0.15) is 0 Å². The number of methoxy groups -OCH3 is 1. The molecule has 1 heterocycles. The maximum Gasteiger partial charge on any atom is 0.0507 e. The highest BCUT2D eigenvalue weighted by atomic mass is 16.5. The maximum absolute atomic E-state index is 5.36. The van der Waals surface area contributed by atoms with Crippen LogP contribution in [0.2, 0.25) is 0 Å². The molecule has 0 bridgehead atoms. The van der Waals surface area contributed by atoms with E-state index in [9.17, 15) is 0 Å². The molecule has 0 radical (unpaired) electrons. The number of hydrogen-bond acceptors (Lipinski definition) is 3. The van der Waals surface area contributed by atoms with E-state index in [4.69, 9.17) is 4.74 Å². The third kappa shape index (κ3) is 4.21. The van der Waals surface area contributed by atoms with E-state index < -0.39 is 0 Å². The standard InChI is InChI=1S/C18H30N2O/c1-4-17(19-5-2)16-10-6-7-11-18(16)20-12-8-9-15(13-20)14-21-3/h6-7,10-11,15,17,19H,4-5,8-9,12-14H2,1-3H3. The van der Waals surface area contributed by atoms with Crippen LogP contribution in [0, 0.1) is 5.92 Å². The molecule has 1 aromatic rings. The molecule has 1 fully saturated rings. The fraction of sp³-hybridized carbons (Fsp3) is 0.667. The number of rotatable bonds is 7. The third-order valence-electron chi connectivity index (χ3n) is 4.43. The van der Waals surface area contributed by atoms with Gasteiger partial charge in [-0.15, -0.1) is 0 Å². The van der Waals surface area contributed by atoms with Gasteiger partial charge in [-0.1, -0.05) is 32.0 Å². The topological polar surface area (TPSA) is 24.5 Å². The molecule has 0 aliphatic carbocycles. The molecule has 3 heteroatoms. The third-order valence-corrected chi connectivity index (χ3v) is 4.43. The van der Waals surface area contributed by atoms with E-state index in [-0.39, 0.29) is 0 Å². The van der Waals surface area contributed by atoms with Crippen LogP contribution in [0.5, 0.6) is 0 Å². The summed E-state index contributed by atoms with van der Waals surface area (Å²) in [5, 5.41) is 3.61. The molecular formula is C18H30N2O. The lowest BCUT2D eigenvalue weighted by atomic mass is 9.95. The Bertz CT molecular complexity index is 419. The second-order valence-corrected chi connectivity index (χ2v) is 5.99. The fourth-order valence-corrected chi connectivity index (χ4v) is 3.45. The maximum atomic E-state index is 5.36. The first-order valence-corrected chi connectivity index (χ1v) is 8.36. The molecule has 2 unspecified atom stereocenters. The first-order valence-electron chi connectivity index (χ1n) is 8.36. The molecule has 3 nitrogen and oxygen atoms in total. The summed E-state index contributed by atoms with van der Waals surface area (Å²) >= 11 is 0. The Balaban J connectivity index is 2.18. The minimum atomic E-state index is 0.453. The SMILES string of the molecule is CCNC(CC)c1ccccc1N1CCCC(COC)C1. The molecule has 1 N–H and O–H groups in total. The average Bonchev–Trinajstić information content (AvgIpc) is 2.53. The molecular weight excluding hydrogens is 260 g/mol. The van der Waals surface area contributed by atoms with Crippen LogP contribution in [0.15, 0.2) is 24.3 Å². The van der Waals surface area contributed by atoms with Crippen molar-refractivity contribution in [3.05, 3.63) is 29.8 Å². The fourth-order valence-electron chi connectivity index (χ4n) is 3.45. The van der Waals surface area contributed by atoms with E-state index in [1.807, 2.05) is 7.11 Å². The molecule has 21 heavy (non-hydrogen) atoms. The summed E-state index contributed by atoms with van der Waals surface area (Å²) < 4.78 is 5.36. The number of hydrogen-bond donors (Lipinski definition) is 1. The van der Waals surface area contributed by atoms with Crippen molar-refractivity contribution >= 4 is 5.69 Å². The summed E-state index contributed by atoms with van der Waals surface area (Å²) in [4.78, 5) is 2.56. The van der Waals surface area contributed by atoms with Crippen LogP contribution < -0.4 is 10.2 Å². The normalized spacial score (nSPS) is 20.5. The van der Waals surface area contributed by atoms with E-state index in [1.165, 1.54) is 30.6 Å². The highest BCUT2D eigenvalue weighted by Gasteiger charge is 2.23. The van der Waals surface area contributed by atoms with Crippen LogP contribution in [-0.4, -0.2) is 33.4 Å². The largest absolute Gasteiger partial charge is 0.384 e. The van der Waals surface area contributed by atoms with Crippen molar-refractivity contribution < 1.29 is 4.74 Å².